The Bertz CT molecular complexity index is 329. The van der Waals surface area contributed by atoms with Gasteiger partial charge < -0.3 is 14.9 Å². The van der Waals surface area contributed by atoms with Gasteiger partial charge in [-0.15, -0.1) is 0 Å². The second kappa shape index (κ2) is 3.13. The Morgan fingerprint density at radius 3 is 3.00 bits per heavy atom. The maximum absolute atomic E-state index is 11.4. The van der Waals surface area contributed by atoms with Crippen LogP contribution in [0.3, 0.4) is 0 Å². The van der Waals surface area contributed by atoms with Crippen LogP contribution in [0.2, 0.25) is 0 Å². The number of hydrogen-bond donors (Lipinski definition) is 2. The van der Waals surface area contributed by atoms with E-state index in [0.29, 0.717) is 12.0 Å². The van der Waals surface area contributed by atoms with E-state index in [4.69, 9.17) is 4.74 Å². The van der Waals surface area contributed by atoms with Crippen LogP contribution in [0.4, 0.5) is 0 Å². The number of rotatable bonds is 0. The van der Waals surface area contributed by atoms with Crippen molar-refractivity contribution >= 4 is 5.97 Å². The molecule has 1 fully saturated rings. The van der Waals surface area contributed by atoms with Crippen molar-refractivity contribution in [3.8, 4) is 0 Å². The fraction of sp³-hybridized carbons (Fsp3) is 0.500. The summed E-state index contributed by atoms with van der Waals surface area (Å²) >= 11 is 0. The summed E-state index contributed by atoms with van der Waals surface area (Å²) in [5.41, 5.74) is 0.371. The molecule has 2 aliphatic rings. The number of hydrogen-bond acceptors (Lipinski definition) is 4. The van der Waals surface area contributed by atoms with Gasteiger partial charge in [0.05, 0.1) is 6.10 Å². The molecule has 76 valence electrons. The number of carbonyl (C=O) groups excluding carboxylic acids is 1. The zero-order valence-electron chi connectivity index (χ0n) is 7.80. The molecule has 0 radical (unpaired) electrons. The van der Waals surface area contributed by atoms with Crippen molar-refractivity contribution in [1.29, 1.82) is 0 Å². The van der Waals surface area contributed by atoms with E-state index in [0.717, 1.165) is 0 Å². The summed E-state index contributed by atoms with van der Waals surface area (Å²) in [4.78, 5) is 11.4. The van der Waals surface area contributed by atoms with Crippen LogP contribution in [0.25, 0.3) is 0 Å². The van der Waals surface area contributed by atoms with E-state index in [1.54, 1.807) is 13.0 Å². The molecular formula is C10H12O4. The minimum absolute atomic E-state index is 0.0648. The van der Waals surface area contributed by atoms with Crippen molar-refractivity contribution in [3.05, 3.63) is 23.5 Å². The van der Waals surface area contributed by atoms with Gasteiger partial charge in [-0.3, -0.25) is 0 Å². The average Bonchev–Trinajstić information content (AvgIpc) is 2.14. The van der Waals surface area contributed by atoms with Gasteiger partial charge in [0.2, 0.25) is 0 Å². The van der Waals surface area contributed by atoms with Crippen LogP contribution < -0.4 is 0 Å². The lowest BCUT2D eigenvalue weighted by molar-refractivity contribution is -0.158. The summed E-state index contributed by atoms with van der Waals surface area (Å²) in [5.74, 6) is -0.607. The summed E-state index contributed by atoms with van der Waals surface area (Å²) in [6, 6.07) is 0. The highest BCUT2D eigenvalue weighted by atomic mass is 16.6. The summed E-state index contributed by atoms with van der Waals surface area (Å²) in [7, 11) is 0. The van der Waals surface area contributed by atoms with Gasteiger partial charge in [-0.05, 0) is 25.5 Å². The molecule has 1 saturated heterocycles. The quantitative estimate of drug-likeness (QED) is 0.559. The Morgan fingerprint density at radius 2 is 2.29 bits per heavy atom. The highest BCUT2D eigenvalue weighted by Gasteiger charge is 2.39. The number of esters is 1. The van der Waals surface area contributed by atoms with Crippen LogP contribution in [0.15, 0.2) is 23.5 Å². The molecule has 14 heavy (non-hydrogen) atoms. The molecule has 1 heterocycles. The Hall–Kier alpha value is -1.29. The first-order chi connectivity index (χ1) is 6.59. The van der Waals surface area contributed by atoms with Gasteiger partial charge >= 0.3 is 5.97 Å². The topological polar surface area (TPSA) is 66.8 Å². The largest absolute Gasteiger partial charge is 0.508 e. The third-order valence-corrected chi connectivity index (χ3v) is 2.71. The molecule has 0 saturated carbocycles. The third kappa shape index (κ3) is 1.32. The highest BCUT2D eigenvalue weighted by molar-refractivity contribution is 5.91. The molecule has 3 atom stereocenters. The number of fused-ring (bicyclic) bond motifs is 1. The Labute approximate surface area is 81.5 Å². The minimum Gasteiger partial charge on any atom is -0.508 e. The Kier molecular flexibility index (Phi) is 2.07. The number of ether oxygens (including phenoxy) is 1. The van der Waals surface area contributed by atoms with Crippen LogP contribution in [0.1, 0.15) is 13.3 Å². The van der Waals surface area contributed by atoms with E-state index in [1.807, 2.05) is 0 Å². The van der Waals surface area contributed by atoms with Gasteiger partial charge in [0.15, 0.2) is 0 Å². The molecule has 1 aliphatic carbocycles. The van der Waals surface area contributed by atoms with Crippen molar-refractivity contribution in [1.82, 2.24) is 0 Å². The Balaban J connectivity index is 2.33. The fourth-order valence-corrected chi connectivity index (χ4v) is 1.87. The van der Waals surface area contributed by atoms with Crippen LogP contribution in [0.5, 0.6) is 0 Å². The first-order valence-electron chi connectivity index (χ1n) is 4.59. The number of aliphatic hydroxyl groups is 2. The molecule has 1 aliphatic heterocycles. The molecule has 0 aromatic rings. The fourth-order valence-electron chi connectivity index (χ4n) is 1.87. The smallest absolute Gasteiger partial charge is 0.334 e. The van der Waals surface area contributed by atoms with Gasteiger partial charge in [-0.2, -0.15) is 0 Å². The van der Waals surface area contributed by atoms with Crippen molar-refractivity contribution in [2.75, 3.05) is 0 Å². The molecule has 0 unspecified atom stereocenters. The zero-order chi connectivity index (χ0) is 10.3. The van der Waals surface area contributed by atoms with E-state index in [2.05, 4.69) is 0 Å². The molecule has 0 aromatic carbocycles. The van der Waals surface area contributed by atoms with Crippen molar-refractivity contribution < 1.29 is 19.7 Å². The molecule has 0 aromatic heterocycles. The summed E-state index contributed by atoms with van der Waals surface area (Å²) < 4.78 is 4.92. The van der Waals surface area contributed by atoms with Crippen LogP contribution in [-0.2, 0) is 9.53 Å². The van der Waals surface area contributed by atoms with Crippen LogP contribution in [0, 0.1) is 5.92 Å². The minimum atomic E-state index is -0.678. The summed E-state index contributed by atoms with van der Waals surface area (Å²) in [6.45, 7) is 1.66. The van der Waals surface area contributed by atoms with Gasteiger partial charge in [0.25, 0.3) is 0 Å². The van der Waals surface area contributed by atoms with E-state index >= 15 is 0 Å². The first-order valence-corrected chi connectivity index (χ1v) is 4.59. The van der Waals surface area contributed by atoms with Gasteiger partial charge in [-0.25, -0.2) is 4.79 Å². The monoisotopic (exact) mass is 196 g/mol. The van der Waals surface area contributed by atoms with E-state index in [-0.39, 0.29) is 11.7 Å². The van der Waals surface area contributed by atoms with Crippen molar-refractivity contribution in [2.45, 2.75) is 25.6 Å². The predicted molar refractivity (Wildman–Crippen MR) is 48.5 cm³/mol. The molecule has 4 heteroatoms. The molecule has 2 rings (SSSR count). The van der Waals surface area contributed by atoms with E-state index in [1.165, 1.54) is 6.08 Å². The molecule has 0 bridgehead atoms. The number of cyclic esters (lactones) is 1. The number of allylic oxidation sites excluding steroid dienone is 2. The maximum atomic E-state index is 11.4. The van der Waals surface area contributed by atoms with Crippen molar-refractivity contribution in [2.24, 2.45) is 5.92 Å². The van der Waals surface area contributed by atoms with Gasteiger partial charge in [-0.1, -0.05) is 0 Å². The lowest BCUT2D eigenvalue weighted by Gasteiger charge is -2.34. The molecule has 0 spiro atoms. The molecule has 0 amide bonds. The molecule has 4 nitrogen and oxygen atoms in total. The van der Waals surface area contributed by atoms with E-state index in [9.17, 15) is 15.0 Å². The predicted octanol–water partition coefficient (Wildman–Crippen LogP) is 0.681. The second-order valence-corrected chi connectivity index (χ2v) is 3.67. The van der Waals surface area contributed by atoms with Gasteiger partial charge in [0, 0.05) is 11.5 Å². The lowest BCUT2D eigenvalue weighted by atomic mass is 9.82. The number of carbonyl (C=O) groups is 1. The lowest BCUT2D eigenvalue weighted by Crippen LogP contribution is -2.43. The maximum Gasteiger partial charge on any atom is 0.334 e. The zero-order valence-corrected chi connectivity index (χ0v) is 7.80. The van der Waals surface area contributed by atoms with E-state index < -0.39 is 18.2 Å². The third-order valence-electron chi connectivity index (χ3n) is 2.71. The molecular weight excluding hydrogens is 184 g/mol. The second-order valence-electron chi connectivity index (χ2n) is 3.67. The standard InChI is InChI=1S/C10H12O4/c1-5-9(12)7-3-2-6(11)4-8(7)10(13)14-5/h2,4-5,7,9,11-12H,3H2,1H3/t5-,7+,9+/m0/s1. The summed E-state index contributed by atoms with van der Waals surface area (Å²) in [6.07, 6.45) is 2.30. The average molecular weight is 196 g/mol. The molecule has 2 N–H and O–H groups in total. The van der Waals surface area contributed by atoms with Gasteiger partial charge in [0.1, 0.15) is 11.9 Å². The first kappa shape index (κ1) is 9.27. The Morgan fingerprint density at radius 1 is 1.57 bits per heavy atom. The van der Waals surface area contributed by atoms with Crippen molar-refractivity contribution in [3.63, 3.8) is 0 Å². The van der Waals surface area contributed by atoms with Crippen LogP contribution >= 0.6 is 0 Å². The number of aliphatic hydroxyl groups excluding tert-OH is 2. The normalized spacial score (nSPS) is 36.7. The highest BCUT2D eigenvalue weighted by Crippen LogP contribution is 2.33. The SMILES string of the molecule is C[C@@H]1OC(=O)C2=CC(O)=CC[C@H]2[C@@H]1O. The summed E-state index contributed by atoms with van der Waals surface area (Å²) in [5, 5.41) is 19.0. The van der Waals surface area contributed by atoms with Crippen LogP contribution in [-0.4, -0.2) is 28.4 Å².